The molecule has 0 spiro atoms. The Bertz CT molecular complexity index is 192. The highest BCUT2D eigenvalue weighted by atomic mass is 14.5. The molecule has 0 radical (unpaired) electrons. The Morgan fingerprint density at radius 1 is 1.14 bits per heavy atom. The maximum atomic E-state index is 2.47. The van der Waals surface area contributed by atoms with E-state index in [1.165, 1.54) is 32.1 Å². The van der Waals surface area contributed by atoms with Crippen LogP contribution < -0.4 is 0 Å². The third-order valence-electron chi connectivity index (χ3n) is 4.75. The van der Waals surface area contributed by atoms with E-state index in [-0.39, 0.29) is 0 Å². The lowest BCUT2D eigenvalue weighted by Gasteiger charge is -2.39. The molecule has 3 atom stereocenters. The maximum absolute atomic E-state index is 2.47. The second kappa shape index (κ2) is 3.87. The summed E-state index contributed by atoms with van der Waals surface area (Å²) < 4.78 is 0. The molecule has 0 aliphatic heterocycles. The highest BCUT2D eigenvalue weighted by molar-refractivity contribution is 4.92. The average molecular weight is 194 g/mol. The van der Waals surface area contributed by atoms with Gasteiger partial charge in [-0.2, -0.15) is 0 Å². The summed E-state index contributed by atoms with van der Waals surface area (Å²) in [5.41, 5.74) is 0.655. The minimum Gasteiger partial charge on any atom is -0.0654 e. The van der Waals surface area contributed by atoms with Crippen molar-refractivity contribution in [3.8, 4) is 0 Å². The first-order chi connectivity index (χ1) is 6.62. The third-order valence-corrected chi connectivity index (χ3v) is 4.75. The Morgan fingerprint density at radius 2 is 1.93 bits per heavy atom. The van der Waals surface area contributed by atoms with Gasteiger partial charge in [0, 0.05) is 0 Å². The largest absolute Gasteiger partial charge is 0.0654 e. The predicted molar refractivity (Wildman–Crippen MR) is 62.2 cm³/mol. The lowest BCUT2D eigenvalue weighted by molar-refractivity contribution is 0.116. The molecule has 0 amide bonds. The van der Waals surface area contributed by atoms with Crippen LogP contribution in [0.1, 0.15) is 65.7 Å². The van der Waals surface area contributed by atoms with Crippen molar-refractivity contribution in [3.63, 3.8) is 0 Å². The minimum atomic E-state index is 0.655. The van der Waals surface area contributed by atoms with Crippen LogP contribution in [0.15, 0.2) is 0 Å². The summed E-state index contributed by atoms with van der Waals surface area (Å²) in [6.45, 7) is 7.28. The van der Waals surface area contributed by atoms with E-state index in [0.717, 1.165) is 17.8 Å². The molecule has 0 aromatic heterocycles. The van der Waals surface area contributed by atoms with Crippen LogP contribution in [-0.4, -0.2) is 0 Å². The summed E-state index contributed by atoms with van der Waals surface area (Å²) in [6, 6.07) is 0. The Morgan fingerprint density at radius 3 is 2.64 bits per heavy atom. The minimum absolute atomic E-state index is 0.655. The van der Waals surface area contributed by atoms with Gasteiger partial charge in [-0.15, -0.1) is 0 Å². The lowest BCUT2D eigenvalue weighted by Crippen LogP contribution is -2.29. The number of hydrogen-bond donors (Lipinski definition) is 0. The van der Waals surface area contributed by atoms with E-state index in [4.69, 9.17) is 0 Å². The van der Waals surface area contributed by atoms with Gasteiger partial charge in [0.05, 0.1) is 0 Å². The molecule has 2 aliphatic carbocycles. The Hall–Kier alpha value is 0. The molecule has 14 heavy (non-hydrogen) atoms. The van der Waals surface area contributed by atoms with Crippen molar-refractivity contribution >= 4 is 0 Å². The highest BCUT2D eigenvalue weighted by Crippen LogP contribution is 2.52. The maximum Gasteiger partial charge on any atom is -0.0351 e. The van der Waals surface area contributed by atoms with Gasteiger partial charge in [-0.3, -0.25) is 0 Å². The van der Waals surface area contributed by atoms with Gasteiger partial charge in [0.1, 0.15) is 0 Å². The summed E-state index contributed by atoms with van der Waals surface area (Å²) in [4.78, 5) is 0. The van der Waals surface area contributed by atoms with Crippen LogP contribution in [-0.2, 0) is 0 Å². The van der Waals surface area contributed by atoms with Crippen molar-refractivity contribution in [1.29, 1.82) is 0 Å². The number of fused-ring (bicyclic) bond motifs is 1. The Kier molecular flexibility index (Phi) is 2.91. The van der Waals surface area contributed by atoms with E-state index in [2.05, 4.69) is 20.8 Å². The molecular formula is C14H26. The lowest BCUT2D eigenvalue weighted by atomic mass is 9.66. The van der Waals surface area contributed by atoms with Crippen LogP contribution in [0.3, 0.4) is 0 Å². The normalized spacial score (nSPS) is 40.9. The van der Waals surface area contributed by atoms with E-state index in [1.807, 2.05) is 0 Å². The van der Waals surface area contributed by atoms with Crippen LogP contribution in [0.4, 0.5) is 0 Å². The monoisotopic (exact) mass is 194 g/mol. The summed E-state index contributed by atoms with van der Waals surface area (Å²) >= 11 is 0. The van der Waals surface area contributed by atoms with Crippen LogP contribution in [0, 0.1) is 23.2 Å². The van der Waals surface area contributed by atoms with E-state index >= 15 is 0 Å². The zero-order chi connectivity index (χ0) is 10.2. The summed E-state index contributed by atoms with van der Waals surface area (Å²) in [5, 5.41) is 0. The van der Waals surface area contributed by atoms with Crippen LogP contribution in [0.2, 0.25) is 0 Å². The molecule has 0 bridgehead atoms. The fraction of sp³-hybridized carbons (Fsp3) is 1.00. The van der Waals surface area contributed by atoms with Crippen LogP contribution >= 0.6 is 0 Å². The molecule has 2 aliphatic rings. The summed E-state index contributed by atoms with van der Waals surface area (Å²) in [5.74, 6) is 3.30. The van der Waals surface area contributed by atoms with Gasteiger partial charge in [0.25, 0.3) is 0 Å². The Labute approximate surface area is 89.5 Å². The summed E-state index contributed by atoms with van der Waals surface area (Å²) in [6.07, 6.45) is 10.5. The van der Waals surface area contributed by atoms with Crippen LogP contribution in [0.25, 0.3) is 0 Å². The molecule has 0 heteroatoms. The second-order valence-corrected chi connectivity index (χ2v) is 6.46. The molecule has 3 unspecified atom stereocenters. The first-order valence-electron chi connectivity index (χ1n) is 6.62. The van der Waals surface area contributed by atoms with Crippen LogP contribution in [0.5, 0.6) is 0 Å². The first kappa shape index (κ1) is 10.5. The highest BCUT2D eigenvalue weighted by Gasteiger charge is 2.41. The van der Waals surface area contributed by atoms with E-state index in [0.29, 0.717) is 5.41 Å². The molecular weight excluding hydrogens is 168 g/mol. The predicted octanol–water partition coefficient (Wildman–Crippen LogP) is 4.64. The quantitative estimate of drug-likeness (QED) is 0.601. The first-order valence-corrected chi connectivity index (χ1v) is 6.62. The molecule has 82 valence electrons. The molecule has 0 nitrogen and oxygen atoms in total. The number of rotatable bonds is 2. The molecule has 0 aromatic rings. The molecule has 0 N–H and O–H groups in total. The van der Waals surface area contributed by atoms with Gasteiger partial charge < -0.3 is 0 Å². The van der Waals surface area contributed by atoms with Gasteiger partial charge >= 0.3 is 0 Å². The average Bonchev–Trinajstić information content (AvgIpc) is 2.47. The summed E-state index contributed by atoms with van der Waals surface area (Å²) in [7, 11) is 0. The van der Waals surface area contributed by atoms with Crippen molar-refractivity contribution in [3.05, 3.63) is 0 Å². The molecule has 0 heterocycles. The van der Waals surface area contributed by atoms with Gasteiger partial charge in [-0.1, -0.05) is 33.6 Å². The van der Waals surface area contributed by atoms with Crippen molar-refractivity contribution in [2.75, 3.05) is 0 Å². The van der Waals surface area contributed by atoms with Crippen molar-refractivity contribution < 1.29 is 0 Å². The van der Waals surface area contributed by atoms with E-state index in [1.54, 1.807) is 12.8 Å². The molecule has 0 aromatic carbocycles. The van der Waals surface area contributed by atoms with Gasteiger partial charge in [-0.25, -0.2) is 0 Å². The number of hydrogen-bond acceptors (Lipinski definition) is 0. The smallest absolute Gasteiger partial charge is 0.0351 e. The van der Waals surface area contributed by atoms with E-state index < -0.39 is 0 Å². The van der Waals surface area contributed by atoms with Crippen molar-refractivity contribution in [1.82, 2.24) is 0 Å². The topological polar surface area (TPSA) is 0 Å². The zero-order valence-electron chi connectivity index (χ0n) is 10.2. The molecule has 2 fully saturated rings. The molecule has 2 saturated carbocycles. The fourth-order valence-corrected chi connectivity index (χ4v) is 4.06. The van der Waals surface area contributed by atoms with Crippen molar-refractivity contribution in [2.24, 2.45) is 23.2 Å². The standard InChI is InChI=1S/C14H26/c1-4-5-11-6-7-12-10-14(2,3)9-8-13(11)12/h11-13H,4-10H2,1-3H3. The van der Waals surface area contributed by atoms with Gasteiger partial charge in [-0.05, 0) is 55.3 Å². The van der Waals surface area contributed by atoms with Gasteiger partial charge in [0.15, 0.2) is 0 Å². The van der Waals surface area contributed by atoms with Gasteiger partial charge in [0.2, 0.25) is 0 Å². The Balaban J connectivity index is 1.96. The third kappa shape index (κ3) is 1.99. The molecule has 2 rings (SSSR count). The zero-order valence-corrected chi connectivity index (χ0v) is 10.2. The second-order valence-electron chi connectivity index (χ2n) is 6.46. The SMILES string of the molecule is CCCC1CCC2CC(C)(C)CCC12. The molecule has 0 saturated heterocycles. The fourth-order valence-electron chi connectivity index (χ4n) is 4.06. The van der Waals surface area contributed by atoms with E-state index in [9.17, 15) is 0 Å². The van der Waals surface area contributed by atoms with Crippen molar-refractivity contribution in [2.45, 2.75) is 65.7 Å².